The van der Waals surface area contributed by atoms with E-state index in [1.165, 1.54) is 20.1 Å². The van der Waals surface area contributed by atoms with Gasteiger partial charge in [-0.05, 0) is 28.0 Å². The van der Waals surface area contributed by atoms with Crippen molar-refractivity contribution in [3.63, 3.8) is 0 Å². The summed E-state index contributed by atoms with van der Waals surface area (Å²) in [6.07, 6.45) is 0.150. The molecule has 3 aromatic rings. The number of nitrogens with one attached hydrogen (secondary N) is 2. The SMILES string of the molecule is COC(=O)[C@@H](Cc1ccc2ccccc2c1)NC(=O)[C@H](Cc1ccccc1F)NC(C)=O. The fraction of sp³-hybridized carbons (Fsp3) is 0.240. The number of esters is 1. The number of methoxy groups -OCH3 is 1. The highest BCUT2D eigenvalue weighted by atomic mass is 19.1. The minimum Gasteiger partial charge on any atom is -0.467 e. The number of amides is 2. The molecule has 3 rings (SSSR count). The topological polar surface area (TPSA) is 84.5 Å². The van der Waals surface area contributed by atoms with Crippen LogP contribution in [0, 0.1) is 5.82 Å². The fourth-order valence-electron chi connectivity index (χ4n) is 3.55. The Balaban J connectivity index is 1.79. The largest absolute Gasteiger partial charge is 0.467 e. The van der Waals surface area contributed by atoms with Crippen molar-refractivity contribution in [3.05, 3.63) is 83.7 Å². The first-order chi connectivity index (χ1) is 15.4. The summed E-state index contributed by atoms with van der Waals surface area (Å²) >= 11 is 0. The molecule has 0 aliphatic carbocycles. The maximum atomic E-state index is 14.1. The monoisotopic (exact) mass is 436 g/mol. The summed E-state index contributed by atoms with van der Waals surface area (Å²) in [5.74, 6) is -2.12. The van der Waals surface area contributed by atoms with Crippen LogP contribution in [0.2, 0.25) is 0 Å². The highest BCUT2D eigenvalue weighted by Crippen LogP contribution is 2.17. The van der Waals surface area contributed by atoms with E-state index < -0.39 is 35.7 Å². The van der Waals surface area contributed by atoms with Crippen molar-refractivity contribution >= 4 is 28.6 Å². The molecule has 0 fully saturated rings. The van der Waals surface area contributed by atoms with Gasteiger partial charge in [-0.1, -0.05) is 60.7 Å². The lowest BCUT2D eigenvalue weighted by Crippen LogP contribution is -2.53. The van der Waals surface area contributed by atoms with E-state index in [0.717, 1.165) is 16.3 Å². The molecule has 0 radical (unpaired) electrons. The molecule has 0 aromatic heterocycles. The molecule has 0 spiro atoms. The van der Waals surface area contributed by atoms with Crippen molar-refractivity contribution in [3.8, 4) is 0 Å². The van der Waals surface area contributed by atoms with Crippen molar-refractivity contribution in [2.75, 3.05) is 7.11 Å². The number of benzene rings is 3. The van der Waals surface area contributed by atoms with Crippen LogP contribution in [-0.2, 0) is 32.0 Å². The summed E-state index contributed by atoms with van der Waals surface area (Å²) in [5.41, 5.74) is 1.12. The Bertz CT molecular complexity index is 1130. The van der Waals surface area contributed by atoms with Gasteiger partial charge in [0, 0.05) is 19.8 Å². The van der Waals surface area contributed by atoms with Crippen molar-refractivity contribution in [1.82, 2.24) is 10.6 Å². The van der Waals surface area contributed by atoms with Crippen molar-refractivity contribution in [1.29, 1.82) is 0 Å². The van der Waals surface area contributed by atoms with E-state index in [-0.39, 0.29) is 18.4 Å². The minimum atomic E-state index is -1.05. The third kappa shape index (κ3) is 5.91. The normalized spacial score (nSPS) is 12.6. The molecule has 6 nitrogen and oxygen atoms in total. The number of carbonyl (C=O) groups is 3. The number of fused-ring (bicyclic) bond motifs is 1. The maximum absolute atomic E-state index is 14.1. The molecule has 0 bridgehead atoms. The number of rotatable bonds is 8. The first kappa shape index (κ1) is 22.9. The second-order valence-electron chi connectivity index (χ2n) is 7.52. The molecular formula is C25H25FN2O4. The number of ether oxygens (including phenoxy) is 1. The molecule has 166 valence electrons. The Kier molecular flexibility index (Phi) is 7.54. The van der Waals surface area contributed by atoms with E-state index in [1.807, 2.05) is 42.5 Å². The summed E-state index contributed by atoms with van der Waals surface area (Å²) in [4.78, 5) is 37.0. The Morgan fingerprint density at radius 1 is 0.875 bits per heavy atom. The first-order valence-electron chi connectivity index (χ1n) is 10.2. The Labute approximate surface area is 185 Å². The summed E-state index contributed by atoms with van der Waals surface area (Å²) in [5, 5.41) is 7.27. The van der Waals surface area contributed by atoms with Crippen LogP contribution in [0.5, 0.6) is 0 Å². The highest BCUT2D eigenvalue weighted by molar-refractivity contribution is 5.91. The molecule has 0 unspecified atom stereocenters. The predicted molar refractivity (Wildman–Crippen MR) is 119 cm³/mol. The van der Waals surface area contributed by atoms with Crippen LogP contribution in [-0.4, -0.2) is 37.0 Å². The molecule has 0 saturated carbocycles. The van der Waals surface area contributed by atoms with Crippen LogP contribution in [0.15, 0.2) is 66.7 Å². The van der Waals surface area contributed by atoms with E-state index in [0.29, 0.717) is 0 Å². The second kappa shape index (κ2) is 10.5. The second-order valence-corrected chi connectivity index (χ2v) is 7.52. The maximum Gasteiger partial charge on any atom is 0.328 e. The van der Waals surface area contributed by atoms with Gasteiger partial charge in [-0.25, -0.2) is 9.18 Å². The molecule has 0 heterocycles. The third-order valence-electron chi connectivity index (χ3n) is 5.13. The van der Waals surface area contributed by atoms with Gasteiger partial charge in [-0.3, -0.25) is 9.59 Å². The molecule has 0 saturated heterocycles. The molecule has 3 aromatic carbocycles. The molecule has 0 aliphatic heterocycles. The molecule has 2 N–H and O–H groups in total. The lowest BCUT2D eigenvalue weighted by atomic mass is 10.0. The Hall–Kier alpha value is -3.74. The Morgan fingerprint density at radius 3 is 2.25 bits per heavy atom. The van der Waals surface area contributed by atoms with Crippen molar-refractivity contribution in [2.24, 2.45) is 0 Å². The number of hydrogen-bond donors (Lipinski definition) is 2. The average Bonchev–Trinajstić information content (AvgIpc) is 2.78. The van der Waals surface area contributed by atoms with Gasteiger partial charge in [0.2, 0.25) is 11.8 Å². The summed E-state index contributed by atoms with van der Waals surface area (Å²) < 4.78 is 19.0. The van der Waals surface area contributed by atoms with E-state index >= 15 is 0 Å². The van der Waals surface area contributed by atoms with Gasteiger partial charge in [-0.2, -0.15) is 0 Å². The quantitative estimate of drug-likeness (QED) is 0.532. The summed E-state index contributed by atoms with van der Waals surface area (Å²) in [6.45, 7) is 1.27. The van der Waals surface area contributed by atoms with Gasteiger partial charge in [-0.15, -0.1) is 0 Å². The smallest absolute Gasteiger partial charge is 0.328 e. The highest BCUT2D eigenvalue weighted by Gasteiger charge is 2.28. The molecule has 2 atom stereocenters. The lowest BCUT2D eigenvalue weighted by molar-refractivity contribution is -0.145. The molecule has 0 aliphatic rings. The number of halogens is 1. The van der Waals surface area contributed by atoms with E-state index in [1.54, 1.807) is 18.2 Å². The summed E-state index contributed by atoms with van der Waals surface area (Å²) in [7, 11) is 1.24. The lowest BCUT2D eigenvalue weighted by Gasteiger charge is -2.22. The molecule has 2 amide bonds. The van der Waals surface area contributed by atoms with Crippen LogP contribution < -0.4 is 10.6 Å². The third-order valence-corrected chi connectivity index (χ3v) is 5.13. The van der Waals surface area contributed by atoms with Crippen LogP contribution >= 0.6 is 0 Å². The van der Waals surface area contributed by atoms with Crippen LogP contribution in [0.3, 0.4) is 0 Å². The minimum absolute atomic E-state index is 0.0536. The van der Waals surface area contributed by atoms with Crippen LogP contribution in [0.1, 0.15) is 18.1 Å². The number of hydrogen-bond acceptors (Lipinski definition) is 4. The zero-order chi connectivity index (χ0) is 23.1. The van der Waals surface area contributed by atoms with Crippen molar-refractivity contribution in [2.45, 2.75) is 31.8 Å². The van der Waals surface area contributed by atoms with E-state index in [4.69, 9.17) is 4.74 Å². The zero-order valence-electron chi connectivity index (χ0n) is 17.9. The van der Waals surface area contributed by atoms with Crippen LogP contribution in [0.25, 0.3) is 10.8 Å². The van der Waals surface area contributed by atoms with Crippen LogP contribution in [0.4, 0.5) is 4.39 Å². The summed E-state index contributed by atoms with van der Waals surface area (Å²) in [6, 6.07) is 17.6. The number of carbonyl (C=O) groups excluding carboxylic acids is 3. The van der Waals surface area contributed by atoms with Gasteiger partial charge in [0.25, 0.3) is 0 Å². The van der Waals surface area contributed by atoms with Gasteiger partial charge >= 0.3 is 5.97 Å². The van der Waals surface area contributed by atoms with Gasteiger partial charge in [0.05, 0.1) is 7.11 Å². The fourth-order valence-corrected chi connectivity index (χ4v) is 3.55. The van der Waals surface area contributed by atoms with Crippen molar-refractivity contribution < 1.29 is 23.5 Å². The Morgan fingerprint density at radius 2 is 1.56 bits per heavy atom. The molecule has 7 heteroatoms. The van der Waals surface area contributed by atoms with Gasteiger partial charge in [0.15, 0.2) is 0 Å². The first-order valence-corrected chi connectivity index (χ1v) is 10.2. The predicted octanol–water partition coefficient (Wildman–Crippen LogP) is 2.93. The zero-order valence-corrected chi connectivity index (χ0v) is 17.9. The standard InChI is InChI=1S/C25H25FN2O4/c1-16(29)27-22(15-20-9-5-6-10-21(20)26)24(30)28-23(25(31)32-2)14-17-11-12-18-7-3-4-8-19(18)13-17/h3-13,22-23H,14-15H2,1-2H3,(H,27,29)(H,28,30)/t22-,23+/m0/s1. The molecule has 32 heavy (non-hydrogen) atoms. The molecular weight excluding hydrogens is 411 g/mol. The van der Waals surface area contributed by atoms with Gasteiger partial charge < -0.3 is 15.4 Å². The van der Waals surface area contributed by atoms with E-state index in [2.05, 4.69) is 10.6 Å². The van der Waals surface area contributed by atoms with E-state index in [9.17, 15) is 18.8 Å². The van der Waals surface area contributed by atoms with Gasteiger partial charge in [0.1, 0.15) is 17.9 Å². The average molecular weight is 436 g/mol.